The summed E-state index contributed by atoms with van der Waals surface area (Å²) in [5, 5.41) is 22.7. The molecule has 110 valence electrons. The molecule has 2 aliphatic rings. The SMILES string of the molecule is CNC1=N[C@@H]2C[C@H](O)[C@@H](C(C)(O)C(F)(F)F)O[C@@H]2S1. The van der Waals surface area contributed by atoms with Crippen molar-refractivity contribution in [2.45, 2.75) is 48.8 Å². The van der Waals surface area contributed by atoms with Gasteiger partial charge in [-0.25, -0.2) is 0 Å². The van der Waals surface area contributed by atoms with Gasteiger partial charge in [-0.1, -0.05) is 11.8 Å². The standard InChI is InChI=1S/C10H15F3N2O3S/c1-9(17,10(11,12)13)6-5(16)3-4-7(18-6)19-8(14-2)15-4/h4-7,16-17H,3H2,1-2H3,(H,14,15)/t4-,5+,6+,7-,9?/m1/s1. The quantitative estimate of drug-likeness (QED) is 0.656. The van der Waals surface area contributed by atoms with E-state index in [0.717, 1.165) is 11.8 Å². The van der Waals surface area contributed by atoms with Crippen molar-refractivity contribution in [3.8, 4) is 0 Å². The second kappa shape index (κ2) is 4.80. The van der Waals surface area contributed by atoms with E-state index >= 15 is 0 Å². The summed E-state index contributed by atoms with van der Waals surface area (Å²) in [5.74, 6) is 0. The van der Waals surface area contributed by atoms with Crippen LogP contribution in [0.2, 0.25) is 0 Å². The first kappa shape index (κ1) is 14.9. The average molecular weight is 300 g/mol. The number of aliphatic imine (C=N–C) groups is 1. The first-order valence-corrected chi connectivity index (χ1v) is 6.59. The van der Waals surface area contributed by atoms with Crippen LogP contribution in [0.3, 0.4) is 0 Å². The summed E-state index contributed by atoms with van der Waals surface area (Å²) < 4.78 is 43.6. The largest absolute Gasteiger partial charge is 0.419 e. The van der Waals surface area contributed by atoms with Crippen LogP contribution < -0.4 is 5.32 Å². The molecule has 5 nitrogen and oxygen atoms in total. The summed E-state index contributed by atoms with van der Waals surface area (Å²) in [5.41, 5.74) is -3.72. The molecular formula is C10H15F3N2O3S. The monoisotopic (exact) mass is 300 g/mol. The molecule has 0 aliphatic carbocycles. The molecule has 9 heteroatoms. The van der Waals surface area contributed by atoms with Crippen LogP contribution in [-0.4, -0.2) is 57.9 Å². The van der Waals surface area contributed by atoms with Gasteiger partial charge in [0.1, 0.15) is 11.5 Å². The Morgan fingerprint density at radius 2 is 2.11 bits per heavy atom. The van der Waals surface area contributed by atoms with Crippen molar-refractivity contribution in [3.63, 3.8) is 0 Å². The van der Waals surface area contributed by atoms with Crippen molar-refractivity contribution in [2.24, 2.45) is 4.99 Å². The third-order valence-corrected chi connectivity index (χ3v) is 4.47. The van der Waals surface area contributed by atoms with E-state index in [0.29, 0.717) is 12.1 Å². The van der Waals surface area contributed by atoms with E-state index in [4.69, 9.17) is 4.74 Å². The molecule has 0 radical (unpaired) electrons. The molecule has 2 rings (SSSR count). The molecule has 0 amide bonds. The molecule has 0 aromatic heterocycles. The third kappa shape index (κ3) is 2.56. The number of halogens is 3. The summed E-state index contributed by atoms with van der Waals surface area (Å²) >= 11 is 1.15. The number of thioether (sulfide) groups is 1. The van der Waals surface area contributed by atoms with Gasteiger partial charge in [-0.15, -0.1) is 0 Å². The number of amidine groups is 1. The van der Waals surface area contributed by atoms with Crippen LogP contribution in [0, 0.1) is 0 Å². The zero-order valence-corrected chi connectivity index (χ0v) is 11.1. The zero-order valence-electron chi connectivity index (χ0n) is 10.3. The molecular weight excluding hydrogens is 285 g/mol. The maximum absolute atomic E-state index is 12.8. The molecule has 1 unspecified atom stereocenters. The molecule has 0 bridgehead atoms. The predicted octanol–water partition coefficient (Wildman–Crippen LogP) is 0.466. The topological polar surface area (TPSA) is 74.1 Å². The summed E-state index contributed by atoms with van der Waals surface area (Å²) in [6, 6.07) is -0.400. The number of aliphatic hydroxyl groups is 2. The molecule has 2 heterocycles. The van der Waals surface area contributed by atoms with Gasteiger partial charge in [-0.05, 0) is 6.92 Å². The van der Waals surface area contributed by atoms with Crippen molar-refractivity contribution in [3.05, 3.63) is 0 Å². The highest BCUT2D eigenvalue weighted by molar-refractivity contribution is 8.14. The third-order valence-electron chi connectivity index (χ3n) is 3.28. The van der Waals surface area contributed by atoms with Gasteiger partial charge in [0.2, 0.25) is 0 Å². The van der Waals surface area contributed by atoms with E-state index in [-0.39, 0.29) is 6.42 Å². The van der Waals surface area contributed by atoms with E-state index in [1.54, 1.807) is 7.05 Å². The van der Waals surface area contributed by atoms with E-state index < -0.39 is 35.5 Å². The minimum absolute atomic E-state index is 0.0275. The Balaban J connectivity index is 2.15. The highest BCUT2D eigenvalue weighted by atomic mass is 32.2. The highest BCUT2D eigenvalue weighted by Crippen LogP contribution is 2.43. The van der Waals surface area contributed by atoms with Gasteiger partial charge in [0.05, 0.1) is 12.1 Å². The normalized spacial score (nSPS) is 38.4. The fourth-order valence-electron chi connectivity index (χ4n) is 2.11. The Morgan fingerprint density at radius 1 is 1.47 bits per heavy atom. The minimum Gasteiger partial charge on any atom is -0.390 e. The Hall–Kier alpha value is -0.510. The second-order valence-corrected chi connectivity index (χ2v) is 5.83. The molecule has 5 atom stereocenters. The molecule has 2 aliphatic heterocycles. The Bertz CT molecular complexity index is 389. The van der Waals surface area contributed by atoms with E-state index in [9.17, 15) is 23.4 Å². The van der Waals surface area contributed by atoms with E-state index in [1.165, 1.54) is 0 Å². The molecule has 1 fully saturated rings. The summed E-state index contributed by atoms with van der Waals surface area (Å²) in [6.07, 6.45) is -7.98. The Kier molecular flexibility index (Phi) is 3.76. The number of nitrogens with zero attached hydrogens (tertiary/aromatic N) is 1. The van der Waals surface area contributed by atoms with Crippen LogP contribution in [0.1, 0.15) is 13.3 Å². The fraction of sp³-hybridized carbons (Fsp3) is 0.900. The highest BCUT2D eigenvalue weighted by Gasteiger charge is 2.60. The second-order valence-electron chi connectivity index (χ2n) is 4.74. The fourth-order valence-corrected chi connectivity index (χ4v) is 3.15. The van der Waals surface area contributed by atoms with Gasteiger partial charge in [0, 0.05) is 13.5 Å². The Labute approximate surface area is 112 Å². The van der Waals surface area contributed by atoms with Gasteiger partial charge in [0.25, 0.3) is 0 Å². The van der Waals surface area contributed by atoms with Crippen LogP contribution in [0.5, 0.6) is 0 Å². The lowest BCUT2D eigenvalue weighted by Crippen LogP contribution is -2.61. The van der Waals surface area contributed by atoms with Gasteiger partial charge < -0.3 is 20.3 Å². The molecule has 0 aromatic carbocycles. The smallest absolute Gasteiger partial charge is 0.390 e. The average Bonchev–Trinajstić information content (AvgIpc) is 2.68. The minimum atomic E-state index is -4.87. The number of ether oxygens (including phenoxy) is 1. The van der Waals surface area contributed by atoms with Gasteiger partial charge in [-0.3, -0.25) is 4.99 Å². The van der Waals surface area contributed by atoms with Gasteiger partial charge >= 0.3 is 6.18 Å². The number of rotatable bonds is 1. The summed E-state index contributed by atoms with van der Waals surface area (Å²) in [7, 11) is 1.64. The van der Waals surface area contributed by atoms with Crippen molar-refractivity contribution in [1.82, 2.24) is 5.32 Å². The zero-order chi connectivity index (χ0) is 14.4. The first-order chi connectivity index (χ1) is 8.66. The van der Waals surface area contributed by atoms with Crippen LogP contribution in [0.15, 0.2) is 4.99 Å². The van der Waals surface area contributed by atoms with Gasteiger partial charge in [-0.2, -0.15) is 13.2 Å². The number of aliphatic hydroxyl groups excluding tert-OH is 1. The van der Waals surface area contributed by atoms with Gasteiger partial charge in [0.15, 0.2) is 10.8 Å². The maximum Gasteiger partial charge on any atom is 0.419 e. The molecule has 0 saturated carbocycles. The molecule has 0 spiro atoms. The number of alkyl halides is 3. The van der Waals surface area contributed by atoms with Crippen LogP contribution in [0.4, 0.5) is 13.2 Å². The van der Waals surface area contributed by atoms with Crippen molar-refractivity contribution in [1.29, 1.82) is 0 Å². The van der Waals surface area contributed by atoms with Crippen molar-refractivity contribution >= 4 is 16.9 Å². The molecule has 0 aromatic rings. The number of hydrogen-bond acceptors (Lipinski definition) is 6. The lowest BCUT2D eigenvalue weighted by molar-refractivity contribution is -0.309. The first-order valence-electron chi connectivity index (χ1n) is 5.71. The molecule has 3 N–H and O–H groups in total. The lowest BCUT2D eigenvalue weighted by atomic mass is 9.88. The van der Waals surface area contributed by atoms with Crippen molar-refractivity contribution in [2.75, 3.05) is 7.05 Å². The summed E-state index contributed by atoms with van der Waals surface area (Å²) in [6.45, 7) is 0.612. The maximum atomic E-state index is 12.8. The molecule has 1 saturated heterocycles. The van der Waals surface area contributed by atoms with Crippen LogP contribution >= 0.6 is 11.8 Å². The van der Waals surface area contributed by atoms with Crippen molar-refractivity contribution < 1.29 is 28.1 Å². The number of fused-ring (bicyclic) bond motifs is 1. The number of hydrogen-bond donors (Lipinski definition) is 3. The Morgan fingerprint density at radius 3 is 2.63 bits per heavy atom. The van der Waals surface area contributed by atoms with E-state index in [2.05, 4.69) is 10.3 Å². The van der Waals surface area contributed by atoms with E-state index in [1.807, 2.05) is 0 Å². The predicted molar refractivity (Wildman–Crippen MR) is 63.8 cm³/mol. The summed E-state index contributed by atoms with van der Waals surface area (Å²) in [4.78, 5) is 4.18. The van der Waals surface area contributed by atoms with Crippen LogP contribution in [0.25, 0.3) is 0 Å². The number of nitrogens with one attached hydrogen (secondary N) is 1. The van der Waals surface area contributed by atoms with Crippen LogP contribution in [-0.2, 0) is 4.74 Å². The lowest BCUT2D eigenvalue weighted by Gasteiger charge is -2.42. The molecule has 19 heavy (non-hydrogen) atoms.